The molecule has 0 radical (unpaired) electrons. The number of rotatable bonds is 3. The molecule has 1 aliphatic rings. The van der Waals surface area contributed by atoms with Gasteiger partial charge in [-0.15, -0.1) is 6.42 Å². The van der Waals surface area contributed by atoms with E-state index < -0.39 is 0 Å². The molecule has 1 aromatic carbocycles. The van der Waals surface area contributed by atoms with Crippen LogP contribution in [-0.2, 0) is 0 Å². The molecule has 1 saturated heterocycles. The van der Waals surface area contributed by atoms with Gasteiger partial charge < -0.3 is 5.32 Å². The van der Waals surface area contributed by atoms with Crippen molar-refractivity contribution in [3.05, 3.63) is 28.2 Å². The summed E-state index contributed by atoms with van der Waals surface area (Å²) in [5.74, 6) is 2.69. The van der Waals surface area contributed by atoms with Gasteiger partial charge in [-0.25, -0.2) is 0 Å². The number of halogens is 2. The lowest BCUT2D eigenvalue weighted by Gasteiger charge is -2.31. The Labute approximate surface area is 118 Å². The fraction of sp³-hybridized carbons (Fsp3) is 0.429. The molecule has 1 aromatic rings. The Bertz CT molecular complexity index is 446. The van der Waals surface area contributed by atoms with E-state index in [-0.39, 0.29) is 0 Å². The van der Waals surface area contributed by atoms with Crippen molar-refractivity contribution in [2.24, 2.45) is 0 Å². The van der Waals surface area contributed by atoms with Crippen LogP contribution in [0.2, 0.25) is 10.0 Å². The first kappa shape index (κ1) is 13.5. The quantitative estimate of drug-likeness (QED) is 0.854. The number of likely N-dealkylation sites (tertiary alicyclic amines) is 1. The van der Waals surface area contributed by atoms with Gasteiger partial charge >= 0.3 is 0 Å². The average molecular weight is 283 g/mol. The Morgan fingerprint density at radius 1 is 1.33 bits per heavy atom. The highest BCUT2D eigenvalue weighted by Crippen LogP contribution is 2.27. The molecule has 4 heteroatoms. The van der Waals surface area contributed by atoms with Crippen LogP contribution < -0.4 is 5.32 Å². The van der Waals surface area contributed by atoms with Gasteiger partial charge in [-0.3, -0.25) is 4.90 Å². The molecule has 2 nitrogen and oxygen atoms in total. The van der Waals surface area contributed by atoms with Crippen LogP contribution in [0, 0.1) is 12.3 Å². The molecule has 1 heterocycles. The molecule has 0 unspecified atom stereocenters. The standard InChI is InChI=1S/C14H16Cl2N2/c1-2-7-18-8-5-12(6-9-18)17-14-4-3-11(15)10-13(14)16/h1,3-4,10,12,17H,5-9H2. The lowest BCUT2D eigenvalue weighted by atomic mass is 10.0. The van der Waals surface area contributed by atoms with Gasteiger partial charge in [0.05, 0.1) is 17.3 Å². The summed E-state index contributed by atoms with van der Waals surface area (Å²) in [5.41, 5.74) is 0.955. The highest BCUT2D eigenvalue weighted by atomic mass is 35.5. The van der Waals surface area contributed by atoms with Crippen LogP contribution in [0.5, 0.6) is 0 Å². The third-order valence-electron chi connectivity index (χ3n) is 3.19. The van der Waals surface area contributed by atoms with Crippen molar-refractivity contribution >= 4 is 28.9 Å². The summed E-state index contributed by atoms with van der Waals surface area (Å²) in [6, 6.07) is 6.00. The van der Waals surface area contributed by atoms with Crippen molar-refractivity contribution in [3.63, 3.8) is 0 Å². The van der Waals surface area contributed by atoms with E-state index in [9.17, 15) is 0 Å². The lowest BCUT2D eigenvalue weighted by molar-refractivity contribution is 0.243. The van der Waals surface area contributed by atoms with Crippen molar-refractivity contribution < 1.29 is 0 Å². The molecule has 0 amide bonds. The van der Waals surface area contributed by atoms with Crippen molar-refractivity contribution in [2.75, 3.05) is 25.0 Å². The van der Waals surface area contributed by atoms with E-state index >= 15 is 0 Å². The average Bonchev–Trinajstić information content (AvgIpc) is 2.35. The Morgan fingerprint density at radius 2 is 2.06 bits per heavy atom. The van der Waals surface area contributed by atoms with Crippen LogP contribution in [0.1, 0.15) is 12.8 Å². The van der Waals surface area contributed by atoms with Crippen LogP contribution in [0.4, 0.5) is 5.69 Å². The second-order valence-corrected chi connectivity index (χ2v) is 5.37. The predicted octanol–water partition coefficient (Wildman–Crippen LogP) is 3.50. The third-order valence-corrected chi connectivity index (χ3v) is 3.74. The van der Waals surface area contributed by atoms with Crippen molar-refractivity contribution in [1.29, 1.82) is 0 Å². The maximum atomic E-state index is 6.14. The Morgan fingerprint density at radius 3 is 2.67 bits per heavy atom. The van der Waals surface area contributed by atoms with Gasteiger partial charge in [0.1, 0.15) is 0 Å². The van der Waals surface area contributed by atoms with E-state index in [0.717, 1.165) is 38.2 Å². The molecule has 18 heavy (non-hydrogen) atoms. The first-order chi connectivity index (χ1) is 8.69. The third kappa shape index (κ3) is 3.55. The molecule has 0 aliphatic carbocycles. The summed E-state index contributed by atoms with van der Waals surface area (Å²) >= 11 is 12.0. The molecular formula is C14H16Cl2N2. The Balaban J connectivity index is 1.90. The fourth-order valence-electron chi connectivity index (χ4n) is 2.19. The number of nitrogens with zero attached hydrogens (tertiary/aromatic N) is 1. The van der Waals surface area contributed by atoms with Gasteiger partial charge in [-0.2, -0.15) is 0 Å². The zero-order chi connectivity index (χ0) is 13.0. The number of piperidine rings is 1. The van der Waals surface area contributed by atoms with E-state index in [1.807, 2.05) is 12.1 Å². The minimum Gasteiger partial charge on any atom is -0.381 e. The molecule has 0 atom stereocenters. The van der Waals surface area contributed by atoms with E-state index in [0.29, 0.717) is 16.1 Å². The molecule has 1 aliphatic heterocycles. The van der Waals surface area contributed by atoms with Crippen molar-refractivity contribution in [3.8, 4) is 12.3 Å². The smallest absolute Gasteiger partial charge is 0.0652 e. The highest BCUT2D eigenvalue weighted by molar-refractivity contribution is 6.36. The van der Waals surface area contributed by atoms with Gasteiger partial charge in [-0.1, -0.05) is 29.1 Å². The SMILES string of the molecule is C#CCN1CCC(Nc2ccc(Cl)cc2Cl)CC1. The molecule has 0 saturated carbocycles. The summed E-state index contributed by atoms with van der Waals surface area (Å²) < 4.78 is 0. The zero-order valence-electron chi connectivity index (χ0n) is 10.1. The second kappa shape index (κ2) is 6.33. The summed E-state index contributed by atoms with van der Waals surface area (Å²) in [5, 5.41) is 4.81. The summed E-state index contributed by atoms with van der Waals surface area (Å²) in [4.78, 5) is 2.29. The summed E-state index contributed by atoms with van der Waals surface area (Å²) in [6.45, 7) is 2.81. The molecule has 1 N–H and O–H groups in total. The van der Waals surface area contributed by atoms with Gasteiger partial charge in [-0.05, 0) is 31.0 Å². The first-order valence-electron chi connectivity index (χ1n) is 6.06. The number of terminal acetylenes is 1. The van der Waals surface area contributed by atoms with Gasteiger partial charge in [0.25, 0.3) is 0 Å². The fourth-order valence-corrected chi connectivity index (χ4v) is 2.65. The minimum absolute atomic E-state index is 0.456. The molecule has 0 bridgehead atoms. The Hall–Kier alpha value is -0.880. The monoisotopic (exact) mass is 282 g/mol. The van der Waals surface area contributed by atoms with E-state index in [1.165, 1.54) is 0 Å². The van der Waals surface area contributed by atoms with E-state index in [2.05, 4.69) is 16.1 Å². The Kier molecular flexibility index (Phi) is 4.77. The summed E-state index contributed by atoms with van der Waals surface area (Å²) in [7, 11) is 0. The van der Waals surface area contributed by atoms with Crippen molar-refractivity contribution in [1.82, 2.24) is 4.90 Å². The topological polar surface area (TPSA) is 15.3 Å². The van der Waals surface area contributed by atoms with E-state index in [1.54, 1.807) is 6.07 Å². The first-order valence-corrected chi connectivity index (χ1v) is 6.82. The van der Waals surface area contributed by atoms with Gasteiger partial charge in [0.15, 0.2) is 0 Å². The van der Waals surface area contributed by atoms with Crippen LogP contribution in [0.15, 0.2) is 18.2 Å². The second-order valence-electron chi connectivity index (χ2n) is 4.52. The predicted molar refractivity (Wildman–Crippen MR) is 78.4 cm³/mol. The van der Waals surface area contributed by atoms with Crippen LogP contribution in [0.3, 0.4) is 0 Å². The van der Waals surface area contributed by atoms with Crippen LogP contribution in [-0.4, -0.2) is 30.6 Å². The maximum Gasteiger partial charge on any atom is 0.0652 e. The number of hydrogen-bond acceptors (Lipinski definition) is 2. The minimum atomic E-state index is 0.456. The van der Waals surface area contributed by atoms with E-state index in [4.69, 9.17) is 29.6 Å². The summed E-state index contributed by atoms with van der Waals surface area (Å²) in [6.07, 6.45) is 7.48. The van der Waals surface area contributed by atoms with Gasteiger partial charge in [0, 0.05) is 24.2 Å². The number of benzene rings is 1. The number of anilines is 1. The van der Waals surface area contributed by atoms with Gasteiger partial charge in [0.2, 0.25) is 0 Å². The molecule has 96 valence electrons. The van der Waals surface area contributed by atoms with Crippen LogP contribution >= 0.6 is 23.2 Å². The van der Waals surface area contributed by atoms with Crippen molar-refractivity contribution in [2.45, 2.75) is 18.9 Å². The van der Waals surface area contributed by atoms with Crippen LogP contribution in [0.25, 0.3) is 0 Å². The number of nitrogens with one attached hydrogen (secondary N) is 1. The highest BCUT2D eigenvalue weighted by Gasteiger charge is 2.18. The maximum absolute atomic E-state index is 6.14. The number of hydrogen-bond donors (Lipinski definition) is 1. The lowest BCUT2D eigenvalue weighted by Crippen LogP contribution is -2.39. The molecule has 1 fully saturated rings. The molecular weight excluding hydrogens is 267 g/mol. The zero-order valence-corrected chi connectivity index (χ0v) is 11.6. The molecule has 2 rings (SSSR count). The normalized spacial score (nSPS) is 17.4. The largest absolute Gasteiger partial charge is 0.381 e. The molecule has 0 aromatic heterocycles. The molecule has 0 spiro atoms.